The minimum Gasteiger partial charge on any atom is -0.396 e. The van der Waals surface area contributed by atoms with Crippen molar-refractivity contribution in [2.24, 2.45) is 5.92 Å². The Morgan fingerprint density at radius 1 is 1.25 bits per heavy atom. The molecule has 0 spiro atoms. The first-order valence-electron chi connectivity index (χ1n) is 8.25. The van der Waals surface area contributed by atoms with Crippen LogP contribution >= 0.6 is 11.3 Å². The second-order valence-corrected chi connectivity index (χ2v) is 7.41. The number of benzene rings is 1. The van der Waals surface area contributed by atoms with Crippen molar-refractivity contribution in [2.45, 2.75) is 38.1 Å². The summed E-state index contributed by atoms with van der Waals surface area (Å²) in [4.78, 5) is 17.2. The summed E-state index contributed by atoms with van der Waals surface area (Å²) in [5.74, 6) is 0.0445. The van der Waals surface area contributed by atoms with Gasteiger partial charge in [-0.1, -0.05) is 12.1 Å². The Balaban J connectivity index is 1.55. The van der Waals surface area contributed by atoms with Gasteiger partial charge >= 0.3 is 0 Å². The fraction of sp³-hybridized carbons (Fsp3) is 0.444. The van der Waals surface area contributed by atoms with E-state index < -0.39 is 0 Å². The third kappa shape index (κ3) is 4.39. The Kier molecular flexibility index (Phi) is 5.58. The van der Waals surface area contributed by atoms with Crippen molar-refractivity contribution in [1.82, 2.24) is 10.3 Å². The smallest absolute Gasteiger partial charge is 0.263 e. The number of carbonyl (C=O) groups is 1. The van der Waals surface area contributed by atoms with Gasteiger partial charge in [0.05, 0.1) is 11.2 Å². The third-order valence-corrected chi connectivity index (χ3v) is 5.48. The summed E-state index contributed by atoms with van der Waals surface area (Å²) in [5.41, 5.74) is 0.972. The average molecular weight is 348 g/mol. The highest BCUT2D eigenvalue weighted by Crippen LogP contribution is 2.24. The molecule has 2 N–H and O–H groups in total. The summed E-state index contributed by atoms with van der Waals surface area (Å²) >= 11 is 1.38. The first-order chi connectivity index (χ1) is 11.6. The molecule has 1 aromatic heterocycles. The monoisotopic (exact) mass is 348 g/mol. The summed E-state index contributed by atoms with van der Waals surface area (Å²) in [6, 6.07) is 6.51. The normalized spacial score (nSPS) is 20.8. The molecule has 1 aliphatic rings. The second kappa shape index (κ2) is 7.85. The predicted octanol–water partition coefficient (Wildman–Crippen LogP) is 3.15. The van der Waals surface area contributed by atoms with Crippen LogP contribution in [0.15, 0.2) is 30.5 Å². The molecule has 0 saturated heterocycles. The number of carbonyl (C=O) groups excluding carboxylic acids is 1. The van der Waals surface area contributed by atoms with E-state index in [1.54, 1.807) is 18.3 Å². The van der Waals surface area contributed by atoms with Crippen LogP contribution in [-0.4, -0.2) is 28.6 Å². The zero-order chi connectivity index (χ0) is 16.9. The number of aromatic nitrogens is 1. The molecule has 0 aliphatic heterocycles. The van der Waals surface area contributed by atoms with Gasteiger partial charge in [0.25, 0.3) is 5.91 Å². The van der Waals surface area contributed by atoms with Gasteiger partial charge in [-0.25, -0.2) is 9.37 Å². The minimum absolute atomic E-state index is 0.0784. The number of nitrogens with zero attached hydrogens (tertiary/aromatic N) is 1. The van der Waals surface area contributed by atoms with Crippen molar-refractivity contribution in [2.75, 3.05) is 6.61 Å². The molecule has 0 unspecified atom stereocenters. The van der Waals surface area contributed by atoms with E-state index in [1.165, 1.54) is 23.5 Å². The van der Waals surface area contributed by atoms with Crippen LogP contribution in [0, 0.1) is 11.7 Å². The maximum Gasteiger partial charge on any atom is 0.263 e. The van der Waals surface area contributed by atoms with Crippen LogP contribution in [0.2, 0.25) is 0 Å². The number of thiazole rings is 1. The summed E-state index contributed by atoms with van der Waals surface area (Å²) in [5, 5.41) is 13.1. The van der Waals surface area contributed by atoms with Crippen LogP contribution in [-0.2, 0) is 6.42 Å². The molecule has 0 atom stereocenters. The van der Waals surface area contributed by atoms with Crippen LogP contribution < -0.4 is 5.32 Å². The van der Waals surface area contributed by atoms with Gasteiger partial charge in [0.2, 0.25) is 0 Å². The lowest BCUT2D eigenvalue weighted by molar-refractivity contribution is 0.0918. The highest BCUT2D eigenvalue weighted by molar-refractivity contribution is 7.13. The number of rotatable bonds is 5. The number of hydrogen-bond acceptors (Lipinski definition) is 4. The lowest BCUT2D eigenvalue weighted by Crippen LogP contribution is -2.37. The number of aliphatic hydroxyl groups is 1. The molecule has 1 aliphatic carbocycles. The maximum absolute atomic E-state index is 12.9. The molecule has 128 valence electrons. The molecule has 1 fully saturated rings. The molecule has 1 amide bonds. The fourth-order valence-corrected chi connectivity index (χ4v) is 3.87. The molecule has 3 rings (SSSR count). The van der Waals surface area contributed by atoms with Crippen LogP contribution in [0.25, 0.3) is 0 Å². The number of hydrogen-bond donors (Lipinski definition) is 2. The van der Waals surface area contributed by atoms with Gasteiger partial charge in [0.1, 0.15) is 10.7 Å². The zero-order valence-corrected chi connectivity index (χ0v) is 14.2. The number of aliphatic hydroxyl groups excluding tert-OH is 1. The van der Waals surface area contributed by atoms with Gasteiger partial charge in [-0.3, -0.25) is 4.79 Å². The third-order valence-electron chi connectivity index (χ3n) is 4.49. The molecule has 0 bridgehead atoms. The zero-order valence-electron chi connectivity index (χ0n) is 13.4. The molecular weight excluding hydrogens is 327 g/mol. The van der Waals surface area contributed by atoms with E-state index in [-0.39, 0.29) is 24.4 Å². The molecule has 1 aromatic carbocycles. The first-order valence-corrected chi connectivity index (χ1v) is 9.06. The molecule has 1 heterocycles. The van der Waals surface area contributed by atoms with Gasteiger partial charge in [-0.2, -0.15) is 0 Å². The van der Waals surface area contributed by atoms with Crippen molar-refractivity contribution < 1.29 is 14.3 Å². The van der Waals surface area contributed by atoms with Gasteiger partial charge in [0.15, 0.2) is 0 Å². The van der Waals surface area contributed by atoms with Gasteiger partial charge < -0.3 is 10.4 Å². The van der Waals surface area contributed by atoms with Gasteiger partial charge in [-0.15, -0.1) is 11.3 Å². The van der Waals surface area contributed by atoms with Crippen LogP contribution in [0.1, 0.15) is 45.9 Å². The predicted molar refractivity (Wildman–Crippen MR) is 91.6 cm³/mol. The topological polar surface area (TPSA) is 62.2 Å². The fourth-order valence-electron chi connectivity index (χ4n) is 3.02. The lowest BCUT2D eigenvalue weighted by Gasteiger charge is -2.27. The second-order valence-electron chi connectivity index (χ2n) is 6.30. The Morgan fingerprint density at radius 3 is 2.62 bits per heavy atom. The lowest BCUT2D eigenvalue weighted by atomic mass is 9.86. The summed E-state index contributed by atoms with van der Waals surface area (Å²) < 4.78 is 12.9. The SMILES string of the molecule is O=C(NC1CCC(CO)CC1)c1cnc(Cc2ccc(F)cc2)s1. The molecular formula is C18H21FN2O2S. The van der Waals surface area contributed by atoms with E-state index in [0.717, 1.165) is 36.3 Å². The van der Waals surface area contributed by atoms with Crippen molar-refractivity contribution >= 4 is 17.2 Å². The maximum atomic E-state index is 12.9. The van der Waals surface area contributed by atoms with E-state index in [1.807, 2.05) is 0 Å². The highest BCUT2D eigenvalue weighted by atomic mass is 32.1. The Labute approximate surface area is 144 Å². The van der Waals surface area contributed by atoms with Crippen molar-refractivity contribution in [3.63, 3.8) is 0 Å². The standard InChI is InChI=1S/C18H21FN2O2S/c19-14-5-1-12(2-6-14)9-17-20-10-16(24-17)18(23)21-15-7-3-13(11-22)4-8-15/h1-2,5-6,10,13,15,22H,3-4,7-9,11H2,(H,21,23). The van der Waals surface area contributed by atoms with Crippen molar-refractivity contribution in [3.05, 3.63) is 51.7 Å². The molecule has 4 nitrogen and oxygen atoms in total. The first kappa shape index (κ1) is 17.0. The van der Waals surface area contributed by atoms with Crippen LogP contribution in [0.4, 0.5) is 4.39 Å². The highest BCUT2D eigenvalue weighted by Gasteiger charge is 2.23. The Bertz CT molecular complexity index is 679. The summed E-state index contributed by atoms with van der Waals surface area (Å²) in [6.45, 7) is 0.238. The van der Waals surface area contributed by atoms with E-state index in [0.29, 0.717) is 17.2 Å². The number of halogens is 1. The minimum atomic E-state index is -0.256. The Hall–Kier alpha value is -1.79. The van der Waals surface area contributed by atoms with Crippen LogP contribution in [0.3, 0.4) is 0 Å². The van der Waals surface area contributed by atoms with E-state index in [4.69, 9.17) is 5.11 Å². The molecule has 6 heteroatoms. The number of amides is 1. The van der Waals surface area contributed by atoms with Gasteiger partial charge in [0, 0.05) is 19.1 Å². The Morgan fingerprint density at radius 2 is 1.96 bits per heavy atom. The summed E-state index contributed by atoms with van der Waals surface area (Å²) in [7, 11) is 0. The molecule has 2 aromatic rings. The quantitative estimate of drug-likeness (QED) is 0.872. The van der Waals surface area contributed by atoms with Gasteiger partial charge in [-0.05, 0) is 49.3 Å². The van der Waals surface area contributed by atoms with Crippen molar-refractivity contribution in [1.29, 1.82) is 0 Å². The molecule has 1 saturated carbocycles. The average Bonchev–Trinajstić information content (AvgIpc) is 3.06. The van der Waals surface area contributed by atoms with E-state index in [9.17, 15) is 9.18 Å². The molecule has 0 radical (unpaired) electrons. The van der Waals surface area contributed by atoms with E-state index in [2.05, 4.69) is 10.3 Å². The largest absolute Gasteiger partial charge is 0.396 e. The van der Waals surface area contributed by atoms with Crippen molar-refractivity contribution in [3.8, 4) is 0 Å². The molecule has 24 heavy (non-hydrogen) atoms. The number of nitrogens with one attached hydrogen (secondary N) is 1. The van der Waals surface area contributed by atoms with Crippen LogP contribution in [0.5, 0.6) is 0 Å². The summed E-state index contributed by atoms with van der Waals surface area (Å²) in [6.07, 6.45) is 5.95. The van der Waals surface area contributed by atoms with E-state index >= 15 is 0 Å².